The number of nitrogens with zero attached hydrogens (tertiary/aromatic N) is 2. The van der Waals surface area contributed by atoms with Crippen molar-refractivity contribution in [1.82, 2.24) is 14.7 Å². The third-order valence-electron chi connectivity index (χ3n) is 2.79. The summed E-state index contributed by atoms with van der Waals surface area (Å²) in [6.07, 6.45) is 5.39. The van der Waals surface area contributed by atoms with E-state index in [0.717, 1.165) is 16.7 Å². The Labute approximate surface area is 119 Å². The maximum atomic E-state index is 12.0. The molecule has 0 aliphatic heterocycles. The van der Waals surface area contributed by atoms with Crippen LogP contribution in [-0.4, -0.2) is 24.9 Å². The smallest absolute Gasteiger partial charge is 0.215 e. The largest absolute Gasteiger partial charge is 0.245 e. The van der Waals surface area contributed by atoms with Crippen molar-refractivity contribution in [2.24, 2.45) is 0 Å². The molecule has 5 nitrogen and oxygen atoms in total. The SMILES string of the molecule is Cc1cccc(CS(=O)(=O)NCCc2cncnc2)c1. The van der Waals surface area contributed by atoms with E-state index in [-0.39, 0.29) is 5.75 Å². The van der Waals surface area contributed by atoms with E-state index >= 15 is 0 Å². The predicted molar refractivity (Wildman–Crippen MR) is 77.5 cm³/mol. The maximum absolute atomic E-state index is 12.0. The van der Waals surface area contributed by atoms with Gasteiger partial charge < -0.3 is 0 Å². The molecule has 1 N–H and O–H groups in total. The van der Waals surface area contributed by atoms with Gasteiger partial charge in [-0.2, -0.15) is 0 Å². The van der Waals surface area contributed by atoms with Crippen LogP contribution in [0.15, 0.2) is 43.0 Å². The van der Waals surface area contributed by atoms with Crippen LogP contribution < -0.4 is 4.72 Å². The van der Waals surface area contributed by atoms with Crippen molar-refractivity contribution in [3.05, 3.63) is 59.7 Å². The molecule has 0 saturated heterocycles. The molecule has 0 radical (unpaired) electrons. The van der Waals surface area contributed by atoms with E-state index in [0.29, 0.717) is 13.0 Å². The van der Waals surface area contributed by atoms with Gasteiger partial charge in [-0.3, -0.25) is 0 Å². The molecule has 2 rings (SSSR count). The lowest BCUT2D eigenvalue weighted by molar-refractivity contribution is 0.580. The van der Waals surface area contributed by atoms with Crippen LogP contribution in [0.5, 0.6) is 0 Å². The van der Waals surface area contributed by atoms with Gasteiger partial charge in [0.05, 0.1) is 5.75 Å². The zero-order chi connectivity index (χ0) is 14.4. The van der Waals surface area contributed by atoms with Crippen molar-refractivity contribution in [3.8, 4) is 0 Å². The third kappa shape index (κ3) is 4.71. The Hall–Kier alpha value is -1.79. The Morgan fingerprint density at radius 3 is 2.60 bits per heavy atom. The van der Waals surface area contributed by atoms with Gasteiger partial charge in [0.25, 0.3) is 0 Å². The van der Waals surface area contributed by atoms with Crippen LogP contribution in [0.25, 0.3) is 0 Å². The summed E-state index contributed by atoms with van der Waals surface area (Å²) < 4.78 is 26.5. The van der Waals surface area contributed by atoms with Gasteiger partial charge in [0.15, 0.2) is 0 Å². The number of nitrogens with one attached hydrogen (secondary N) is 1. The lowest BCUT2D eigenvalue weighted by atomic mass is 10.2. The highest BCUT2D eigenvalue weighted by atomic mass is 32.2. The summed E-state index contributed by atoms with van der Waals surface area (Å²) in [6.45, 7) is 2.29. The fourth-order valence-corrected chi connectivity index (χ4v) is 3.02. The van der Waals surface area contributed by atoms with Crippen molar-refractivity contribution in [1.29, 1.82) is 0 Å². The number of rotatable bonds is 6. The molecule has 0 fully saturated rings. The molecule has 0 amide bonds. The van der Waals surface area contributed by atoms with Crippen molar-refractivity contribution in [2.75, 3.05) is 6.54 Å². The van der Waals surface area contributed by atoms with E-state index in [4.69, 9.17) is 0 Å². The summed E-state index contributed by atoms with van der Waals surface area (Å²) in [4.78, 5) is 7.78. The zero-order valence-corrected chi connectivity index (χ0v) is 12.1. The Morgan fingerprint density at radius 2 is 1.90 bits per heavy atom. The van der Waals surface area contributed by atoms with Gasteiger partial charge in [-0.15, -0.1) is 0 Å². The summed E-state index contributed by atoms with van der Waals surface area (Å²) in [5, 5.41) is 0. The number of aromatic nitrogens is 2. The molecule has 0 bridgehead atoms. The summed E-state index contributed by atoms with van der Waals surface area (Å²) in [6, 6.07) is 7.50. The van der Waals surface area contributed by atoms with Gasteiger partial charge in [-0.1, -0.05) is 29.8 Å². The van der Waals surface area contributed by atoms with E-state index < -0.39 is 10.0 Å². The molecule has 0 aliphatic carbocycles. The molecular formula is C14H17N3O2S. The first-order chi connectivity index (χ1) is 9.55. The molecule has 0 atom stereocenters. The van der Waals surface area contributed by atoms with Crippen molar-refractivity contribution < 1.29 is 8.42 Å². The standard InChI is InChI=1S/C14H17N3O2S/c1-12-3-2-4-13(7-12)10-20(18,19)17-6-5-14-8-15-11-16-9-14/h2-4,7-9,11,17H,5-6,10H2,1H3. The maximum Gasteiger partial charge on any atom is 0.215 e. The second-order valence-electron chi connectivity index (χ2n) is 4.64. The molecule has 6 heteroatoms. The third-order valence-corrected chi connectivity index (χ3v) is 4.15. The number of hydrogen-bond donors (Lipinski definition) is 1. The van der Waals surface area contributed by atoms with Crippen LogP contribution in [0.1, 0.15) is 16.7 Å². The Balaban J connectivity index is 1.88. The minimum absolute atomic E-state index is 0.0000301. The average Bonchev–Trinajstić information content (AvgIpc) is 2.39. The number of hydrogen-bond acceptors (Lipinski definition) is 4. The second kappa shape index (κ2) is 6.58. The molecule has 1 aromatic heterocycles. The normalized spacial score (nSPS) is 11.4. The lowest BCUT2D eigenvalue weighted by Crippen LogP contribution is -2.27. The van der Waals surface area contributed by atoms with Crippen LogP contribution >= 0.6 is 0 Å². The number of aryl methyl sites for hydroxylation is 1. The molecule has 20 heavy (non-hydrogen) atoms. The minimum atomic E-state index is -3.31. The Bertz CT molecular complexity index is 657. The molecule has 2 aromatic rings. The van der Waals surface area contributed by atoms with E-state index in [1.54, 1.807) is 12.4 Å². The Kier molecular flexibility index (Phi) is 4.81. The lowest BCUT2D eigenvalue weighted by Gasteiger charge is -2.07. The molecule has 0 saturated carbocycles. The fourth-order valence-electron chi connectivity index (χ4n) is 1.88. The van der Waals surface area contributed by atoms with Crippen molar-refractivity contribution >= 4 is 10.0 Å². The van der Waals surface area contributed by atoms with Gasteiger partial charge in [0.2, 0.25) is 10.0 Å². The summed E-state index contributed by atoms with van der Waals surface area (Å²) in [5.41, 5.74) is 2.76. The van der Waals surface area contributed by atoms with Gasteiger partial charge in [0.1, 0.15) is 6.33 Å². The minimum Gasteiger partial charge on any atom is -0.245 e. The summed E-state index contributed by atoms with van der Waals surface area (Å²) in [7, 11) is -3.31. The van der Waals surface area contributed by atoms with E-state index in [2.05, 4.69) is 14.7 Å². The number of sulfonamides is 1. The molecule has 0 unspecified atom stereocenters. The van der Waals surface area contributed by atoms with Crippen molar-refractivity contribution in [3.63, 3.8) is 0 Å². The first-order valence-corrected chi connectivity index (χ1v) is 7.97. The van der Waals surface area contributed by atoms with Crippen LogP contribution in [0.2, 0.25) is 0 Å². The van der Waals surface area contributed by atoms with Crippen LogP contribution in [0.3, 0.4) is 0 Å². The fraction of sp³-hybridized carbons (Fsp3) is 0.286. The highest BCUT2D eigenvalue weighted by Gasteiger charge is 2.10. The van der Waals surface area contributed by atoms with E-state index in [9.17, 15) is 8.42 Å². The predicted octanol–water partition coefficient (Wildman–Crippen LogP) is 1.45. The summed E-state index contributed by atoms with van der Waals surface area (Å²) in [5.74, 6) is -0.0000301. The highest BCUT2D eigenvalue weighted by Crippen LogP contribution is 2.07. The first-order valence-electron chi connectivity index (χ1n) is 6.32. The number of benzene rings is 1. The molecule has 0 aliphatic rings. The Morgan fingerprint density at radius 1 is 1.15 bits per heavy atom. The van der Waals surface area contributed by atoms with Gasteiger partial charge in [-0.25, -0.2) is 23.1 Å². The van der Waals surface area contributed by atoms with E-state index in [1.165, 1.54) is 6.33 Å². The molecule has 1 aromatic carbocycles. The average molecular weight is 291 g/mol. The van der Waals surface area contributed by atoms with Crippen LogP contribution in [-0.2, 0) is 22.2 Å². The summed E-state index contributed by atoms with van der Waals surface area (Å²) >= 11 is 0. The van der Waals surface area contributed by atoms with Crippen molar-refractivity contribution in [2.45, 2.75) is 19.1 Å². The van der Waals surface area contributed by atoms with Crippen LogP contribution in [0, 0.1) is 6.92 Å². The molecular weight excluding hydrogens is 274 g/mol. The van der Waals surface area contributed by atoms with E-state index in [1.807, 2.05) is 31.2 Å². The molecule has 0 spiro atoms. The zero-order valence-electron chi connectivity index (χ0n) is 11.3. The highest BCUT2D eigenvalue weighted by molar-refractivity contribution is 7.88. The van der Waals surface area contributed by atoms with Gasteiger partial charge in [0, 0.05) is 18.9 Å². The van der Waals surface area contributed by atoms with Gasteiger partial charge in [-0.05, 0) is 24.5 Å². The quantitative estimate of drug-likeness (QED) is 0.874. The topological polar surface area (TPSA) is 72.0 Å². The monoisotopic (exact) mass is 291 g/mol. The van der Waals surface area contributed by atoms with Crippen LogP contribution in [0.4, 0.5) is 0 Å². The first kappa shape index (κ1) is 14.6. The van der Waals surface area contributed by atoms with Gasteiger partial charge >= 0.3 is 0 Å². The molecule has 1 heterocycles. The second-order valence-corrected chi connectivity index (χ2v) is 6.45. The molecule has 106 valence electrons.